The zero-order valence-electron chi connectivity index (χ0n) is 12.2. The molecule has 1 heterocycles. The van der Waals surface area contributed by atoms with Gasteiger partial charge in [-0.1, -0.05) is 26.8 Å². The largest absolute Gasteiger partial charge is 0.486 e. The summed E-state index contributed by atoms with van der Waals surface area (Å²) in [5.41, 5.74) is 6.92. The molecule has 4 heteroatoms. The third-order valence-electron chi connectivity index (χ3n) is 3.46. The summed E-state index contributed by atoms with van der Waals surface area (Å²) in [5, 5.41) is 10.5. The van der Waals surface area contributed by atoms with Crippen LogP contribution in [0.4, 0.5) is 0 Å². The van der Waals surface area contributed by atoms with E-state index in [0.717, 1.165) is 10.9 Å². The Morgan fingerprint density at radius 2 is 2.00 bits per heavy atom. The van der Waals surface area contributed by atoms with Crippen LogP contribution < -0.4 is 10.5 Å². The molecule has 0 saturated carbocycles. The quantitative estimate of drug-likeness (QED) is 0.898. The summed E-state index contributed by atoms with van der Waals surface area (Å²) in [7, 11) is 0. The fourth-order valence-corrected chi connectivity index (χ4v) is 2.12. The number of aromatic nitrogens is 1. The molecule has 0 aliphatic heterocycles. The van der Waals surface area contributed by atoms with E-state index in [9.17, 15) is 5.11 Å². The van der Waals surface area contributed by atoms with E-state index in [1.165, 1.54) is 0 Å². The summed E-state index contributed by atoms with van der Waals surface area (Å²) in [6.07, 6.45) is 1.30. The normalized spacial score (nSPS) is 15.1. The molecule has 2 aromatic rings. The lowest BCUT2D eigenvalue weighted by Gasteiger charge is -2.33. The lowest BCUT2D eigenvalue weighted by atomic mass is 9.84. The molecule has 3 N–H and O–H groups in total. The number of fused-ring (bicyclic) bond motifs is 1. The van der Waals surface area contributed by atoms with E-state index in [2.05, 4.69) is 4.98 Å². The maximum Gasteiger partial charge on any atom is 0.137 e. The number of nitrogens with two attached hydrogens (primary N) is 1. The lowest BCUT2D eigenvalue weighted by molar-refractivity contribution is 0.0603. The van der Waals surface area contributed by atoms with Crippen molar-refractivity contribution in [3.63, 3.8) is 0 Å². The van der Waals surface area contributed by atoms with Crippen molar-refractivity contribution in [2.75, 3.05) is 6.61 Å². The number of aliphatic hydroxyl groups excluding tert-OH is 1. The molecule has 4 nitrogen and oxygen atoms in total. The zero-order valence-corrected chi connectivity index (χ0v) is 12.2. The summed E-state index contributed by atoms with van der Waals surface area (Å²) in [6, 6.07) is 9.25. The first-order valence-electron chi connectivity index (χ1n) is 6.80. The Balaban J connectivity index is 2.31. The van der Waals surface area contributed by atoms with Crippen LogP contribution in [0.2, 0.25) is 0 Å². The number of benzene rings is 1. The minimum absolute atomic E-state index is 0.116. The molecule has 0 amide bonds. The van der Waals surface area contributed by atoms with Crippen molar-refractivity contribution in [3.8, 4) is 5.75 Å². The smallest absolute Gasteiger partial charge is 0.137 e. The van der Waals surface area contributed by atoms with Crippen molar-refractivity contribution in [2.24, 2.45) is 11.1 Å². The third kappa shape index (κ3) is 3.08. The topological polar surface area (TPSA) is 68.4 Å². The monoisotopic (exact) mass is 274 g/mol. The van der Waals surface area contributed by atoms with Crippen molar-refractivity contribution in [1.29, 1.82) is 0 Å². The summed E-state index contributed by atoms with van der Waals surface area (Å²) in [4.78, 5) is 4.29. The van der Waals surface area contributed by atoms with Gasteiger partial charge in [-0.25, -0.2) is 0 Å². The fourth-order valence-electron chi connectivity index (χ4n) is 2.12. The molecule has 0 saturated heterocycles. The second kappa shape index (κ2) is 5.77. The van der Waals surface area contributed by atoms with Crippen LogP contribution in [0.1, 0.15) is 20.8 Å². The standard InChI is InChI=1S/C16H22N2O2/c1-16(2,3)15(17)14(10-19)20-13-8-4-7-12-11(13)6-5-9-18-12/h4-9,14-15,19H,10,17H2,1-3H3. The molecule has 0 spiro atoms. The number of rotatable bonds is 4. The van der Waals surface area contributed by atoms with E-state index < -0.39 is 6.10 Å². The first-order valence-corrected chi connectivity index (χ1v) is 6.80. The van der Waals surface area contributed by atoms with Crippen LogP contribution in [0.5, 0.6) is 5.75 Å². The average molecular weight is 274 g/mol. The van der Waals surface area contributed by atoms with E-state index in [4.69, 9.17) is 10.5 Å². The van der Waals surface area contributed by atoms with Gasteiger partial charge in [-0.3, -0.25) is 4.98 Å². The summed E-state index contributed by atoms with van der Waals surface area (Å²) < 4.78 is 5.95. The molecule has 0 fully saturated rings. The average Bonchev–Trinajstić information content (AvgIpc) is 2.43. The van der Waals surface area contributed by atoms with E-state index in [1.807, 2.05) is 51.1 Å². The van der Waals surface area contributed by atoms with Gasteiger partial charge >= 0.3 is 0 Å². The number of pyridine rings is 1. The number of nitrogens with zero attached hydrogens (tertiary/aromatic N) is 1. The lowest BCUT2D eigenvalue weighted by Crippen LogP contribution is -2.49. The first-order chi connectivity index (χ1) is 9.43. The summed E-state index contributed by atoms with van der Waals surface area (Å²) in [5.74, 6) is 0.703. The van der Waals surface area contributed by atoms with Gasteiger partial charge in [0.15, 0.2) is 0 Å². The van der Waals surface area contributed by atoms with E-state index in [1.54, 1.807) is 6.20 Å². The van der Waals surface area contributed by atoms with Crippen LogP contribution in [0.15, 0.2) is 36.5 Å². The van der Waals surface area contributed by atoms with Crippen molar-refractivity contribution in [3.05, 3.63) is 36.5 Å². The van der Waals surface area contributed by atoms with E-state index in [-0.39, 0.29) is 18.1 Å². The Hall–Kier alpha value is -1.65. The van der Waals surface area contributed by atoms with Crippen molar-refractivity contribution in [1.82, 2.24) is 4.98 Å². The fraction of sp³-hybridized carbons (Fsp3) is 0.438. The van der Waals surface area contributed by atoms with Gasteiger partial charge in [0, 0.05) is 17.6 Å². The Labute approximate surface area is 119 Å². The molecule has 0 aliphatic rings. The van der Waals surface area contributed by atoms with Crippen LogP contribution in [-0.2, 0) is 0 Å². The molecule has 2 unspecified atom stereocenters. The van der Waals surface area contributed by atoms with Gasteiger partial charge in [-0.15, -0.1) is 0 Å². The Kier molecular flexibility index (Phi) is 4.26. The Morgan fingerprint density at radius 3 is 2.65 bits per heavy atom. The SMILES string of the molecule is CC(C)(C)C(N)C(CO)Oc1cccc2ncccc12. The van der Waals surface area contributed by atoms with E-state index >= 15 is 0 Å². The minimum atomic E-state index is -0.444. The molecular formula is C16H22N2O2. The zero-order chi connectivity index (χ0) is 14.8. The van der Waals surface area contributed by atoms with Crippen LogP contribution >= 0.6 is 0 Å². The molecule has 1 aromatic carbocycles. The molecule has 20 heavy (non-hydrogen) atoms. The van der Waals surface area contributed by atoms with Gasteiger partial charge < -0.3 is 15.6 Å². The molecular weight excluding hydrogens is 252 g/mol. The predicted molar refractivity (Wildman–Crippen MR) is 80.7 cm³/mol. The number of hydrogen-bond acceptors (Lipinski definition) is 4. The number of ether oxygens (including phenoxy) is 1. The molecule has 2 rings (SSSR count). The van der Waals surface area contributed by atoms with Gasteiger partial charge in [0.05, 0.1) is 12.1 Å². The molecule has 108 valence electrons. The maximum absolute atomic E-state index is 9.57. The van der Waals surface area contributed by atoms with Crippen LogP contribution in [0, 0.1) is 5.41 Å². The highest BCUT2D eigenvalue weighted by molar-refractivity contribution is 5.84. The highest BCUT2D eigenvalue weighted by atomic mass is 16.5. The molecule has 0 aliphatic carbocycles. The van der Waals surface area contributed by atoms with Crippen molar-refractivity contribution >= 4 is 10.9 Å². The summed E-state index contributed by atoms with van der Waals surface area (Å²) in [6.45, 7) is 5.99. The second-order valence-corrected chi connectivity index (χ2v) is 6.06. The van der Waals surface area contributed by atoms with Crippen LogP contribution in [-0.4, -0.2) is 28.8 Å². The first kappa shape index (κ1) is 14.8. The summed E-state index contributed by atoms with van der Waals surface area (Å²) >= 11 is 0. The molecule has 0 radical (unpaired) electrons. The van der Waals surface area contributed by atoms with Gasteiger partial charge in [0.2, 0.25) is 0 Å². The number of hydrogen-bond donors (Lipinski definition) is 2. The van der Waals surface area contributed by atoms with Gasteiger partial charge in [-0.05, 0) is 29.7 Å². The van der Waals surface area contributed by atoms with Gasteiger partial charge in [0.1, 0.15) is 11.9 Å². The Morgan fingerprint density at radius 1 is 1.25 bits per heavy atom. The Bertz CT molecular complexity index is 573. The highest BCUT2D eigenvalue weighted by Crippen LogP contribution is 2.28. The highest BCUT2D eigenvalue weighted by Gasteiger charge is 2.30. The molecule has 0 bridgehead atoms. The predicted octanol–water partition coefficient (Wildman–Crippen LogP) is 2.35. The minimum Gasteiger partial charge on any atom is -0.486 e. The van der Waals surface area contributed by atoms with Gasteiger partial charge in [0.25, 0.3) is 0 Å². The second-order valence-electron chi connectivity index (χ2n) is 6.06. The number of aliphatic hydroxyl groups is 1. The van der Waals surface area contributed by atoms with Crippen molar-refractivity contribution in [2.45, 2.75) is 32.9 Å². The van der Waals surface area contributed by atoms with Crippen LogP contribution in [0.25, 0.3) is 10.9 Å². The third-order valence-corrected chi connectivity index (χ3v) is 3.46. The molecule has 2 atom stereocenters. The maximum atomic E-state index is 9.57. The van der Waals surface area contributed by atoms with Crippen molar-refractivity contribution < 1.29 is 9.84 Å². The van der Waals surface area contributed by atoms with Crippen LogP contribution in [0.3, 0.4) is 0 Å². The van der Waals surface area contributed by atoms with Gasteiger partial charge in [-0.2, -0.15) is 0 Å². The molecule has 1 aromatic heterocycles. The van der Waals surface area contributed by atoms with E-state index in [0.29, 0.717) is 5.75 Å².